The number of hydrogen-bond donors (Lipinski definition) is 3. The van der Waals surface area contributed by atoms with Crippen molar-refractivity contribution in [3.05, 3.63) is 78.4 Å². The lowest BCUT2D eigenvalue weighted by Gasteiger charge is -2.19. The van der Waals surface area contributed by atoms with E-state index >= 15 is 0 Å². The van der Waals surface area contributed by atoms with Crippen molar-refractivity contribution in [1.82, 2.24) is 15.2 Å². The lowest BCUT2D eigenvalue weighted by atomic mass is 9.87. The minimum absolute atomic E-state index is 0.0784. The number of hydrogen-bond acceptors (Lipinski definition) is 5. The van der Waals surface area contributed by atoms with Gasteiger partial charge in [-0.25, -0.2) is 13.2 Å². The van der Waals surface area contributed by atoms with Crippen LogP contribution in [0, 0.1) is 0 Å². The predicted molar refractivity (Wildman–Crippen MR) is 161 cm³/mol. The van der Waals surface area contributed by atoms with Gasteiger partial charge in [-0.2, -0.15) is 0 Å². The third kappa shape index (κ3) is 6.84. The molecule has 0 atom stereocenters. The van der Waals surface area contributed by atoms with Crippen LogP contribution in [0.1, 0.15) is 40.2 Å². The van der Waals surface area contributed by atoms with Gasteiger partial charge in [0.2, 0.25) is 5.88 Å². The van der Waals surface area contributed by atoms with E-state index in [2.05, 4.69) is 54.5 Å². The molecule has 0 unspecified atom stereocenters. The number of carbonyl (C=O) groups is 1. The number of ether oxygens (including phenoxy) is 1. The highest BCUT2D eigenvalue weighted by atomic mass is 32.2. The molecule has 9 heteroatoms. The SMILES string of the molecule is CCN(CC)CCNC(=O)Oc1[nH]c2ccc(NS(=O)(=O)c3ccc(C(C)(C)C)cc3)cc2c1-c1ccccc1. The Kier molecular flexibility index (Phi) is 8.85. The largest absolute Gasteiger partial charge is 0.413 e. The lowest BCUT2D eigenvalue weighted by molar-refractivity contribution is 0.196. The molecule has 0 spiro atoms. The summed E-state index contributed by atoms with van der Waals surface area (Å²) >= 11 is 0. The van der Waals surface area contributed by atoms with Gasteiger partial charge in [0.15, 0.2) is 0 Å². The standard InChI is InChI=1S/C31H38N4O4S/c1-6-35(7-2)20-19-32-30(36)39-29-28(22-11-9-8-10-12-22)26-21-24(15-18-27(26)33-29)34-40(37,38)25-16-13-23(14-17-25)31(3,4)5/h8-18,21,33-34H,6-7,19-20H2,1-5H3,(H,32,36). The number of benzene rings is 3. The van der Waals surface area contributed by atoms with Crippen molar-refractivity contribution in [3.63, 3.8) is 0 Å². The second-order valence-electron chi connectivity index (χ2n) is 10.7. The van der Waals surface area contributed by atoms with Crippen LogP contribution in [0.25, 0.3) is 22.0 Å². The smallest absolute Gasteiger partial charge is 0.393 e. The van der Waals surface area contributed by atoms with Gasteiger partial charge in [-0.15, -0.1) is 0 Å². The number of aromatic nitrogens is 1. The third-order valence-electron chi connectivity index (χ3n) is 6.90. The lowest BCUT2D eigenvalue weighted by Crippen LogP contribution is -2.36. The molecule has 0 bridgehead atoms. The number of carbonyl (C=O) groups excluding carboxylic acids is 1. The molecule has 0 aliphatic heterocycles. The Hall–Kier alpha value is -3.82. The fourth-order valence-corrected chi connectivity index (χ4v) is 5.58. The number of likely N-dealkylation sites (N-methyl/N-ethyl adjacent to an activating group) is 1. The van der Waals surface area contributed by atoms with E-state index in [0.29, 0.717) is 29.2 Å². The van der Waals surface area contributed by atoms with E-state index in [-0.39, 0.29) is 10.3 Å². The summed E-state index contributed by atoms with van der Waals surface area (Å²) in [6.45, 7) is 13.4. The Bertz CT molecular complexity index is 1550. The monoisotopic (exact) mass is 562 g/mol. The number of fused-ring (bicyclic) bond motifs is 1. The maximum atomic E-state index is 13.2. The zero-order chi connectivity index (χ0) is 28.9. The Morgan fingerprint density at radius 2 is 1.62 bits per heavy atom. The van der Waals surface area contributed by atoms with Gasteiger partial charge >= 0.3 is 6.09 Å². The number of rotatable bonds is 10. The quantitative estimate of drug-likeness (QED) is 0.209. The highest BCUT2D eigenvalue weighted by Gasteiger charge is 2.21. The van der Waals surface area contributed by atoms with Crippen LogP contribution in [-0.4, -0.2) is 50.6 Å². The Labute approximate surface area is 236 Å². The number of anilines is 1. The van der Waals surface area contributed by atoms with Crippen molar-refractivity contribution >= 4 is 32.7 Å². The van der Waals surface area contributed by atoms with Crippen molar-refractivity contribution < 1.29 is 17.9 Å². The van der Waals surface area contributed by atoms with Crippen LogP contribution in [0.15, 0.2) is 77.7 Å². The van der Waals surface area contributed by atoms with Gasteiger partial charge in [0.05, 0.1) is 10.5 Å². The molecule has 1 amide bonds. The molecular formula is C31H38N4O4S. The van der Waals surface area contributed by atoms with Crippen LogP contribution < -0.4 is 14.8 Å². The molecule has 0 aliphatic rings. The van der Waals surface area contributed by atoms with E-state index < -0.39 is 16.1 Å². The summed E-state index contributed by atoms with van der Waals surface area (Å²) in [5, 5.41) is 3.54. The fourth-order valence-electron chi connectivity index (χ4n) is 4.53. The number of aromatic amines is 1. The normalized spacial score (nSPS) is 12.1. The Morgan fingerprint density at radius 1 is 0.950 bits per heavy atom. The molecule has 8 nitrogen and oxygen atoms in total. The summed E-state index contributed by atoms with van der Waals surface area (Å²) in [5.41, 5.74) is 3.59. The van der Waals surface area contributed by atoms with Gasteiger partial charge < -0.3 is 19.9 Å². The number of H-pyrrole nitrogens is 1. The van der Waals surface area contributed by atoms with Gasteiger partial charge in [-0.05, 0) is 60.0 Å². The summed E-state index contributed by atoms with van der Waals surface area (Å²) in [6, 6.07) is 21.7. The van der Waals surface area contributed by atoms with E-state index in [1.54, 1.807) is 30.3 Å². The molecule has 0 aliphatic carbocycles. The van der Waals surface area contributed by atoms with Crippen LogP contribution in [0.5, 0.6) is 5.88 Å². The van der Waals surface area contributed by atoms with Crippen LogP contribution in [0.4, 0.5) is 10.5 Å². The Balaban J connectivity index is 1.62. The average Bonchev–Trinajstić information content (AvgIpc) is 3.27. The van der Waals surface area contributed by atoms with Crippen molar-refractivity contribution in [2.45, 2.75) is 44.9 Å². The number of nitrogens with one attached hydrogen (secondary N) is 3. The molecule has 4 rings (SSSR count). The van der Waals surface area contributed by atoms with Gasteiger partial charge in [0.1, 0.15) is 0 Å². The van der Waals surface area contributed by atoms with Crippen molar-refractivity contribution in [1.29, 1.82) is 0 Å². The van der Waals surface area contributed by atoms with E-state index in [9.17, 15) is 13.2 Å². The second-order valence-corrected chi connectivity index (χ2v) is 12.4. The van der Waals surface area contributed by atoms with Crippen LogP contribution in [0.3, 0.4) is 0 Å². The molecule has 1 aromatic heterocycles. The second kappa shape index (κ2) is 12.1. The molecule has 0 fully saturated rings. The molecule has 0 saturated carbocycles. The van der Waals surface area contributed by atoms with Gasteiger partial charge in [-0.3, -0.25) is 4.72 Å². The zero-order valence-corrected chi connectivity index (χ0v) is 24.6. The maximum absolute atomic E-state index is 13.2. The summed E-state index contributed by atoms with van der Waals surface area (Å²) < 4.78 is 34.8. The fraction of sp³-hybridized carbons (Fsp3) is 0.323. The minimum Gasteiger partial charge on any atom is -0.393 e. The highest BCUT2D eigenvalue weighted by molar-refractivity contribution is 7.92. The van der Waals surface area contributed by atoms with E-state index in [0.717, 1.165) is 36.1 Å². The number of sulfonamides is 1. The summed E-state index contributed by atoms with van der Waals surface area (Å²) in [7, 11) is -3.82. The molecule has 3 aromatic carbocycles. The van der Waals surface area contributed by atoms with Crippen molar-refractivity contribution in [2.24, 2.45) is 0 Å². The third-order valence-corrected chi connectivity index (χ3v) is 8.29. The first-order chi connectivity index (χ1) is 19.0. The molecule has 0 saturated heterocycles. The minimum atomic E-state index is -3.82. The van der Waals surface area contributed by atoms with Gasteiger partial charge in [0.25, 0.3) is 10.0 Å². The van der Waals surface area contributed by atoms with Crippen LogP contribution in [-0.2, 0) is 15.4 Å². The molecule has 4 aromatic rings. The molecule has 3 N–H and O–H groups in total. The first kappa shape index (κ1) is 29.2. The van der Waals surface area contributed by atoms with E-state index in [1.165, 1.54) is 0 Å². The molecule has 212 valence electrons. The predicted octanol–water partition coefficient (Wildman–Crippen LogP) is 6.36. The maximum Gasteiger partial charge on any atom is 0.413 e. The topological polar surface area (TPSA) is 104 Å². The molecular weight excluding hydrogens is 524 g/mol. The first-order valence-corrected chi connectivity index (χ1v) is 15.0. The zero-order valence-electron chi connectivity index (χ0n) is 23.7. The molecule has 40 heavy (non-hydrogen) atoms. The number of nitrogens with zero attached hydrogens (tertiary/aromatic N) is 1. The summed E-state index contributed by atoms with van der Waals surface area (Å²) in [5.74, 6) is 0.291. The summed E-state index contributed by atoms with van der Waals surface area (Å²) in [6.07, 6.45) is -0.560. The van der Waals surface area contributed by atoms with Gasteiger partial charge in [-0.1, -0.05) is 77.1 Å². The Morgan fingerprint density at radius 3 is 2.25 bits per heavy atom. The molecule has 1 heterocycles. The van der Waals surface area contributed by atoms with Crippen molar-refractivity contribution in [3.8, 4) is 17.0 Å². The first-order valence-electron chi connectivity index (χ1n) is 13.5. The summed E-state index contributed by atoms with van der Waals surface area (Å²) in [4.78, 5) is 18.2. The number of amides is 1. The van der Waals surface area contributed by atoms with E-state index in [1.807, 2.05) is 42.5 Å². The van der Waals surface area contributed by atoms with Crippen molar-refractivity contribution in [2.75, 3.05) is 30.9 Å². The average molecular weight is 563 g/mol. The van der Waals surface area contributed by atoms with E-state index in [4.69, 9.17) is 4.74 Å². The van der Waals surface area contributed by atoms with Gasteiger partial charge in [0, 0.05) is 29.7 Å². The van der Waals surface area contributed by atoms with Crippen LogP contribution in [0.2, 0.25) is 0 Å². The van der Waals surface area contributed by atoms with Crippen LogP contribution >= 0.6 is 0 Å². The highest BCUT2D eigenvalue weighted by Crippen LogP contribution is 2.39. The molecule has 0 radical (unpaired) electrons.